The molecule has 1 N–H and O–H groups in total. The van der Waals surface area contributed by atoms with Crippen molar-refractivity contribution in [1.82, 2.24) is 5.32 Å². The van der Waals surface area contributed by atoms with Crippen molar-refractivity contribution < 1.29 is 4.79 Å². The molecule has 16 heavy (non-hydrogen) atoms. The number of hydrogen-bond acceptors (Lipinski definition) is 1. The summed E-state index contributed by atoms with van der Waals surface area (Å²) in [6.45, 7) is 2.46. The summed E-state index contributed by atoms with van der Waals surface area (Å²) in [4.78, 5) is 11.8. The summed E-state index contributed by atoms with van der Waals surface area (Å²) >= 11 is 0. The highest BCUT2D eigenvalue weighted by atomic mass is 16.1. The molecular weight excluding hydrogens is 198 g/mol. The van der Waals surface area contributed by atoms with E-state index in [2.05, 4.69) is 23.2 Å². The van der Waals surface area contributed by atoms with Gasteiger partial charge in [-0.3, -0.25) is 4.79 Å². The summed E-state index contributed by atoms with van der Waals surface area (Å²) in [6.07, 6.45) is 1.61. The molecule has 0 aromatic heterocycles. The van der Waals surface area contributed by atoms with E-state index < -0.39 is 0 Å². The zero-order valence-corrected chi connectivity index (χ0v) is 9.42. The third-order valence-corrected chi connectivity index (χ3v) is 2.90. The van der Waals surface area contributed by atoms with Gasteiger partial charge in [0.25, 0.3) is 0 Å². The van der Waals surface area contributed by atoms with Crippen LogP contribution >= 0.6 is 0 Å². The fourth-order valence-electron chi connectivity index (χ4n) is 1.99. The lowest BCUT2D eigenvalue weighted by Crippen LogP contribution is -2.35. The van der Waals surface area contributed by atoms with Crippen LogP contribution < -0.4 is 5.32 Å². The number of rotatable bonds is 3. The smallest absolute Gasteiger partial charge is 0.227 e. The highest BCUT2D eigenvalue weighted by Gasteiger charge is 2.31. The van der Waals surface area contributed by atoms with E-state index in [0.717, 1.165) is 12.8 Å². The van der Waals surface area contributed by atoms with E-state index in [-0.39, 0.29) is 11.8 Å². The predicted octanol–water partition coefficient (Wildman–Crippen LogP) is 1.86. The minimum absolute atomic E-state index is 0.0609. The number of carbonyl (C=O) groups excluding carboxylic acids is 1. The lowest BCUT2D eigenvalue weighted by Gasteiger charge is -2.28. The van der Waals surface area contributed by atoms with Gasteiger partial charge < -0.3 is 5.32 Å². The topological polar surface area (TPSA) is 29.1 Å². The fourth-order valence-corrected chi connectivity index (χ4v) is 1.99. The first-order valence-corrected chi connectivity index (χ1v) is 5.58. The van der Waals surface area contributed by atoms with Crippen LogP contribution in [0.15, 0.2) is 24.3 Å². The first-order valence-electron chi connectivity index (χ1n) is 5.58. The molecule has 0 fully saturated rings. The van der Waals surface area contributed by atoms with Crippen molar-refractivity contribution in [2.45, 2.75) is 25.7 Å². The molecular formula is C14H15NO. The maximum atomic E-state index is 11.8. The van der Waals surface area contributed by atoms with Gasteiger partial charge in [-0.15, -0.1) is 11.8 Å². The van der Waals surface area contributed by atoms with Crippen LogP contribution in [0.4, 0.5) is 0 Å². The van der Waals surface area contributed by atoms with Gasteiger partial charge >= 0.3 is 0 Å². The van der Waals surface area contributed by atoms with Crippen molar-refractivity contribution in [3.63, 3.8) is 0 Å². The predicted molar refractivity (Wildman–Crippen MR) is 64.0 cm³/mol. The first-order chi connectivity index (χ1) is 7.83. The van der Waals surface area contributed by atoms with Gasteiger partial charge in [-0.05, 0) is 24.5 Å². The van der Waals surface area contributed by atoms with Crippen LogP contribution in [-0.2, 0) is 11.2 Å². The molecule has 1 aliphatic carbocycles. The molecule has 1 amide bonds. The molecule has 0 heterocycles. The third-order valence-electron chi connectivity index (χ3n) is 2.90. The molecule has 0 bridgehead atoms. The van der Waals surface area contributed by atoms with Gasteiger partial charge in [-0.2, -0.15) is 0 Å². The van der Waals surface area contributed by atoms with Crippen LogP contribution in [0.25, 0.3) is 0 Å². The summed E-state index contributed by atoms with van der Waals surface area (Å²) in [5.74, 6) is 5.94. The number of nitrogens with one attached hydrogen (secondary N) is 1. The minimum atomic E-state index is 0.0609. The lowest BCUT2D eigenvalue weighted by molar-refractivity contribution is -0.123. The van der Waals surface area contributed by atoms with Crippen LogP contribution in [0.1, 0.15) is 30.4 Å². The van der Waals surface area contributed by atoms with E-state index in [9.17, 15) is 4.79 Å². The van der Waals surface area contributed by atoms with Crippen molar-refractivity contribution in [1.29, 1.82) is 0 Å². The molecule has 2 heteroatoms. The Morgan fingerprint density at radius 2 is 2.31 bits per heavy atom. The maximum absolute atomic E-state index is 11.8. The lowest BCUT2D eigenvalue weighted by atomic mass is 9.77. The third kappa shape index (κ3) is 2.09. The molecule has 2 rings (SSSR count). The largest absolute Gasteiger partial charge is 0.355 e. The second-order valence-corrected chi connectivity index (χ2v) is 3.92. The normalized spacial score (nSPS) is 16.4. The van der Waals surface area contributed by atoms with E-state index in [1.54, 1.807) is 0 Å². The highest BCUT2D eigenvalue weighted by molar-refractivity contribution is 5.86. The summed E-state index contributed by atoms with van der Waals surface area (Å²) in [5, 5.41) is 2.92. The average Bonchev–Trinajstić information content (AvgIpc) is 2.26. The number of hydrogen-bond donors (Lipinski definition) is 1. The van der Waals surface area contributed by atoms with Crippen molar-refractivity contribution in [2.24, 2.45) is 0 Å². The van der Waals surface area contributed by atoms with Crippen LogP contribution in [0.2, 0.25) is 0 Å². The second kappa shape index (κ2) is 4.85. The number of fused-ring (bicyclic) bond motifs is 1. The second-order valence-electron chi connectivity index (χ2n) is 3.92. The minimum Gasteiger partial charge on any atom is -0.355 e. The molecule has 1 unspecified atom stereocenters. The Bertz CT molecular complexity index is 453. The van der Waals surface area contributed by atoms with E-state index in [0.29, 0.717) is 6.54 Å². The summed E-state index contributed by atoms with van der Waals surface area (Å²) < 4.78 is 0. The van der Waals surface area contributed by atoms with Crippen molar-refractivity contribution >= 4 is 5.91 Å². The summed E-state index contributed by atoms with van der Waals surface area (Å²) in [7, 11) is 0. The van der Waals surface area contributed by atoms with E-state index in [1.807, 2.05) is 25.1 Å². The van der Waals surface area contributed by atoms with Crippen molar-refractivity contribution in [3.8, 4) is 11.8 Å². The molecule has 82 valence electrons. The van der Waals surface area contributed by atoms with Crippen LogP contribution in [0.5, 0.6) is 0 Å². The molecule has 0 spiro atoms. The molecule has 1 atom stereocenters. The molecule has 1 aromatic rings. The Morgan fingerprint density at radius 3 is 3.06 bits per heavy atom. The number of amides is 1. The molecule has 0 saturated carbocycles. The molecule has 0 radical (unpaired) electrons. The first kappa shape index (κ1) is 10.8. The van der Waals surface area contributed by atoms with Gasteiger partial charge in [0.1, 0.15) is 0 Å². The highest BCUT2D eigenvalue weighted by Crippen LogP contribution is 2.34. The van der Waals surface area contributed by atoms with Gasteiger partial charge in [0.05, 0.1) is 5.92 Å². The zero-order chi connectivity index (χ0) is 11.4. The SMILES string of the molecule is CC#CCCNC(=O)C1Cc2ccccc21. The van der Waals surface area contributed by atoms with Gasteiger partial charge in [0.15, 0.2) is 0 Å². The van der Waals surface area contributed by atoms with Gasteiger partial charge in [-0.1, -0.05) is 24.3 Å². The molecule has 1 aromatic carbocycles. The van der Waals surface area contributed by atoms with Crippen LogP contribution in [0, 0.1) is 11.8 Å². The van der Waals surface area contributed by atoms with Gasteiger partial charge in [-0.25, -0.2) is 0 Å². The maximum Gasteiger partial charge on any atom is 0.227 e. The van der Waals surface area contributed by atoms with E-state index in [1.165, 1.54) is 11.1 Å². The quantitative estimate of drug-likeness (QED) is 0.602. The van der Waals surface area contributed by atoms with Crippen LogP contribution in [-0.4, -0.2) is 12.5 Å². The fraction of sp³-hybridized carbons (Fsp3) is 0.357. The van der Waals surface area contributed by atoms with Crippen molar-refractivity contribution in [3.05, 3.63) is 35.4 Å². The Morgan fingerprint density at radius 1 is 1.50 bits per heavy atom. The summed E-state index contributed by atoms with van der Waals surface area (Å²) in [5.41, 5.74) is 2.48. The van der Waals surface area contributed by atoms with Gasteiger partial charge in [0.2, 0.25) is 5.91 Å². The monoisotopic (exact) mass is 213 g/mol. The number of benzene rings is 1. The number of carbonyl (C=O) groups is 1. The Balaban J connectivity index is 1.86. The molecule has 2 nitrogen and oxygen atoms in total. The standard InChI is InChI=1S/C14H15NO/c1-2-3-6-9-15-14(16)13-10-11-7-4-5-8-12(11)13/h4-5,7-8,13H,6,9-10H2,1H3,(H,15,16). The molecule has 1 aliphatic rings. The molecule has 0 saturated heterocycles. The average molecular weight is 213 g/mol. The Hall–Kier alpha value is -1.75. The van der Waals surface area contributed by atoms with Crippen molar-refractivity contribution in [2.75, 3.05) is 6.54 Å². The van der Waals surface area contributed by atoms with E-state index in [4.69, 9.17) is 0 Å². The van der Waals surface area contributed by atoms with E-state index >= 15 is 0 Å². The summed E-state index contributed by atoms with van der Waals surface area (Å²) in [6, 6.07) is 8.13. The zero-order valence-electron chi connectivity index (χ0n) is 9.42. The van der Waals surface area contributed by atoms with Gasteiger partial charge in [0, 0.05) is 13.0 Å². The van der Waals surface area contributed by atoms with Crippen LogP contribution in [0.3, 0.4) is 0 Å². The molecule has 0 aliphatic heterocycles. The Labute approximate surface area is 96.1 Å². The Kier molecular flexibility index (Phi) is 3.26.